The van der Waals surface area contributed by atoms with E-state index in [2.05, 4.69) is 9.97 Å². The highest BCUT2D eigenvalue weighted by molar-refractivity contribution is 5.80. The van der Waals surface area contributed by atoms with Crippen molar-refractivity contribution in [1.29, 1.82) is 0 Å². The van der Waals surface area contributed by atoms with Crippen LogP contribution in [0.1, 0.15) is 5.82 Å². The first kappa shape index (κ1) is 14.3. The largest absolute Gasteiger partial charge is 0.451 e. The molecule has 1 aromatic heterocycles. The monoisotopic (exact) mass is 300 g/mol. The molecule has 0 unspecified atom stereocenters. The molecule has 0 N–H and O–H groups in total. The Hall–Kier alpha value is -2.69. The van der Waals surface area contributed by atoms with Crippen molar-refractivity contribution in [3.63, 3.8) is 0 Å². The molecule has 0 fully saturated rings. The molecule has 0 amide bonds. The minimum Gasteiger partial charge on any atom is -0.232 e. The Morgan fingerprint density at radius 1 is 0.727 bits per heavy atom. The molecule has 2 aromatic carbocycles. The highest BCUT2D eigenvalue weighted by Crippen LogP contribution is 2.33. The average Bonchev–Trinajstić information content (AvgIpc) is 2.55. The predicted octanol–water partition coefficient (Wildman–Crippen LogP) is 4.83. The lowest BCUT2D eigenvalue weighted by molar-refractivity contribution is -0.144. The number of hydrogen-bond donors (Lipinski definition) is 0. The van der Waals surface area contributed by atoms with Gasteiger partial charge in [0.2, 0.25) is 5.82 Å². The van der Waals surface area contributed by atoms with Gasteiger partial charge in [0.1, 0.15) is 0 Å². The number of benzene rings is 2. The van der Waals surface area contributed by atoms with E-state index in [0.29, 0.717) is 11.1 Å². The minimum atomic E-state index is -4.57. The van der Waals surface area contributed by atoms with E-state index in [-0.39, 0.29) is 5.69 Å². The zero-order chi connectivity index (χ0) is 15.6. The quantitative estimate of drug-likeness (QED) is 0.677. The molecule has 0 aliphatic rings. The molecule has 1 heterocycles. The molecule has 22 heavy (non-hydrogen) atoms. The first-order valence-electron chi connectivity index (χ1n) is 6.61. The van der Waals surface area contributed by atoms with Gasteiger partial charge in [0.15, 0.2) is 0 Å². The Balaban J connectivity index is 2.23. The van der Waals surface area contributed by atoms with Crippen molar-refractivity contribution < 1.29 is 13.2 Å². The lowest BCUT2D eigenvalue weighted by Crippen LogP contribution is -2.11. The maximum absolute atomic E-state index is 12.9. The van der Waals surface area contributed by atoms with Gasteiger partial charge in [-0.3, -0.25) is 0 Å². The SMILES string of the molecule is FC(F)(F)c1ncc(-c2ccccc2)c(-c2ccccc2)n1. The van der Waals surface area contributed by atoms with Crippen LogP contribution in [-0.2, 0) is 6.18 Å². The molecule has 3 rings (SSSR count). The van der Waals surface area contributed by atoms with Crippen molar-refractivity contribution in [2.45, 2.75) is 6.18 Å². The number of aromatic nitrogens is 2. The molecule has 3 aromatic rings. The topological polar surface area (TPSA) is 25.8 Å². The molecule has 5 heteroatoms. The van der Waals surface area contributed by atoms with E-state index in [1.807, 2.05) is 30.3 Å². The van der Waals surface area contributed by atoms with Gasteiger partial charge in [0, 0.05) is 17.3 Å². The average molecular weight is 300 g/mol. The first-order valence-corrected chi connectivity index (χ1v) is 6.61. The fourth-order valence-electron chi connectivity index (χ4n) is 2.16. The van der Waals surface area contributed by atoms with Gasteiger partial charge in [0.25, 0.3) is 0 Å². The zero-order valence-corrected chi connectivity index (χ0v) is 11.4. The van der Waals surface area contributed by atoms with Gasteiger partial charge >= 0.3 is 6.18 Å². The van der Waals surface area contributed by atoms with Crippen LogP contribution in [0.2, 0.25) is 0 Å². The molecule has 0 spiro atoms. The summed E-state index contributed by atoms with van der Waals surface area (Å²) in [6, 6.07) is 17.9. The summed E-state index contributed by atoms with van der Waals surface area (Å²) >= 11 is 0. The second-order valence-electron chi connectivity index (χ2n) is 4.69. The maximum Gasteiger partial charge on any atom is 0.451 e. The van der Waals surface area contributed by atoms with E-state index in [1.165, 1.54) is 6.20 Å². The highest BCUT2D eigenvalue weighted by atomic mass is 19.4. The Kier molecular flexibility index (Phi) is 3.63. The van der Waals surface area contributed by atoms with Crippen molar-refractivity contribution in [2.24, 2.45) is 0 Å². The smallest absolute Gasteiger partial charge is 0.232 e. The van der Waals surface area contributed by atoms with Crippen LogP contribution in [0, 0.1) is 0 Å². The summed E-state index contributed by atoms with van der Waals surface area (Å²) in [4.78, 5) is 7.23. The maximum atomic E-state index is 12.9. The van der Waals surface area contributed by atoms with Crippen LogP contribution < -0.4 is 0 Å². The van der Waals surface area contributed by atoms with Crippen LogP contribution in [0.25, 0.3) is 22.4 Å². The summed E-state index contributed by atoms with van der Waals surface area (Å²) in [5.41, 5.74) is 2.23. The summed E-state index contributed by atoms with van der Waals surface area (Å²) in [6.07, 6.45) is -3.34. The van der Waals surface area contributed by atoms with Gasteiger partial charge in [-0.1, -0.05) is 60.7 Å². The van der Waals surface area contributed by atoms with Crippen LogP contribution in [-0.4, -0.2) is 9.97 Å². The van der Waals surface area contributed by atoms with Crippen LogP contribution in [0.3, 0.4) is 0 Å². The second-order valence-corrected chi connectivity index (χ2v) is 4.69. The minimum absolute atomic E-state index is 0.272. The summed E-state index contributed by atoms with van der Waals surface area (Å²) in [6.45, 7) is 0. The third-order valence-corrected chi connectivity index (χ3v) is 3.17. The van der Waals surface area contributed by atoms with E-state index in [1.54, 1.807) is 30.3 Å². The molecule has 0 radical (unpaired) electrons. The van der Waals surface area contributed by atoms with Crippen molar-refractivity contribution >= 4 is 0 Å². The van der Waals surface area contributed by atoms with Crippen molar-refractivity contribution in [1.82, 2.24) is 9.97 Å². The Morgan fingerprint density at radius 2 is 1.27 bits per heavy atom. The fraction of sp³-hybridized carbons (Fsp3) is 0.0588. The molecular formula is C17H11F3N2. The van der Waals surface area contributed by atoms with Crippen LogP contribution in [0.4, 0.5) is 13.2 Å². The summed E-state index contributed by atoms with van der Waals surface area (Å²) in [5, 5.41) is 0. The third kappa shape index (κ3) is 2.83. The zero-order valence-electron chi connectivity index (χ0n) is 11.4. The molecule has 0 saturated heterocycles. The van der Waals surface area contributed by atoms with Gasteiger partial charge in [0.05, 0.1) is 5.69 Å². The van der Waals surface area contributed by atoms with Crippen LogP contribution in [0.15, 0.2) is 66.9 Å². The van der Waals surface area contributed by atoms with E-state index in [9.17, 15) is 13.2 Å². The third-order valence-electron chi connectivity index (χ3n) is 3.17. The lowest BCUT2D eigenvalue weighted by Gasteiger charge is -2.12. The van der Waals surface area contributed by atoms with Crippen molar-refractivity contribution in [2.75, 3.05) is 0 Å². The van der Waals surface area contributed by atoms with Crippen molar-refractivity contribution in [3.05, 3.63) is 72.7 Å². The molecule has 110 valence electrons. The van der Waals surface area contributed by atoms with E-state index < -0.39 is 12.0 Å². The molecular weight excluding hydrogens is 289 g/mol. The number of hydrogen-bond acceptors (Lipinski definition) is 2. The number of nitrogens with zero attached hydrogens (tertiary/aromatic N) is 2. The van der Waals surface area contributed by atoms with Gasteiger partial charge in [-0.25, -0.2) is 9.97 Å². The molecule has 0 aliphatic heterocycles. The normalized spacial score (nSPS) is 11.4. The van der Waals surface area contributed by atoms with E-state index in [0.717, 1.165) is 5.56 Å². The Morgan fingerprint density at radius 3 is 1.82 bits per heavy atom. The Bertz CT molecular complexity index is 769. The second kappa shape index (κ2) is 5.60. The summed E-state index contributed by atoms with van der Waals surface area (Å²) in [7, 11) is 0. The van der Waals surface area contributed by atoms with Gasteiger partial charge in [-0.05, 0) is 5.56 Å². The van der Waals surface area contributed by atoms with E-state index in [4.69, 9.17) is 0 Å². The molecule has 2 nitrogen and oxygen atoms in total. The van der Waals surface area contributed by atoms with Crippen LogP contribution in [0.5, 0.6) is 0 Å². The fourth-order valence-corrected chi connectivity index (χ4v) is 2.16. The van der Waals surface area contributed by atoms with Crippen LogP contribution >= 0.6 is 0 Å². The molecule has 0 bridgehead atoms. The summed E-state index contributed by atoms with van der Waals surface area (Å²) in [5.74, 6) is -1.13. The molecule has 0 aliphatic carbocycles. The van der Waals surface area contributed by atoms with Gasteiger partial charge < -0.3 is 0 Å². The number of alkyl halides is 3. The highest BCUT2D eigenvalue weighted by Gasteiger charge is 2.35. The predicted molar refractivity (Wildman–Crippen MR) is 77.9 cm³/mol. The van der Waals surface area contributed by atoms with E-state index >= 15 is 0 Å². The lowest BCUT2D eigenvalue weighted by atomic mass is 10.0. The molecule has 0 atom stereocenters. The standard InChI is InChI=1S/C17H11F3N2/c18-17(19,20)16-21-11-14(12-7-3-1-4-8-12)15(22-16)13-9-5-2-6-10-13/h1-11H. The number of halogens is 3. The van der Waals surface area contributed by atoms with Gasteiger partial charge in [-0.2, -0.15) is 13.2 Å². The van der Waals surface area contributed by atoms with Gasteiger partial charge in [-0.15, -0.1) is 0 Å². The Labute approximate surface area is 125 Å². The molecule has 0 saturated carbocycles. The van der Waals surface area contributed by atoms with Crippen molar-refractivity contribution in [3.8, 4) is 22.4 Å². The summed E-state index contributed by atoms with van der Waals surface area (Å²) < 4.78 is 38.7. The number of rotatable bonds is 2. The first-order chi connectivity index (χ1) is 10.6.